The molecular formula is C21H21NO6S2. The first-order valence-electron chi connectivity index (χ1n) is 8.92. The number of esters is 1. The number of hydrogen-bond donors (Lipinski definition) is 2. The van der Waals surface area contributed by atoms with Gasteiger partial charge in [0.1, 0.15) is 10.6 Å². The molecule has 158 valence electrons. The third kappa shape index (κ3) is 4.88. The van der Waals surface area contributed by atoms with Gasteiger partial charge in [-0.3, -0.25) is 0 Å². The number of ether oxygens (including phenoxy) is 2. The van der Waals surface area contributed by atoms with Crippen LogP contribution in [0.3, 0.4) is 0 Å². The van der Waals surface area contributed by atoms with E-state index in [1.807, 2.05) is 29.0 Å². The van der Waals surface area contributed by atoms with E-state index in [-0.39, 0.29) is 22.8 Å². The third-order valence-corrected chi connectivity index (χ3v) is 6.62. The van der Waals surface area contributed by atoms with E-state index in [1.165, 1.54) is 32.4 Å². The maximum absolute atomic E-state index is 12.8. The largest absolute Gasteiger partial charge is 0.495 e. The number of hydrogen-bond acceptors (Lipinski definition) is 7. The minimum absolute atomic E-state index is 0.0724. The van der Waals surface area contributed by atoms with E-state index in [2.05, 4.69) is 9.46 Å². The Morgan fingerprint density at radius 3 is 2.43 bits per heavy atom. The van der Waals surface area contributed by atoms with Crippen LogP contribution in [0.15, 0.2) is 64.2 Å². The second kappa shape index (κ2) is 9.40. The first kappa shape index (κ1) is 22.0. The highest BCUT2D eigenvalue weighted by Crippen LogP contribution is 2.26. The van der Waals surface area contributed by atoms with Gasteiger partial charge < -0.3 is 14.6 Å². The van der Waals surface area contributed by atoms with Crippen LogP contribution in [-0.4, -0.2) is 40.3 Å². The van der Waals surface area contributed by atoms with Gasteiger partial charge in [0, 0.05) is 6.54 Å². The monoisotopic (exact) mass is 447 g/mol. The summed E-state index contributed by atoms with van der Waals surface area (Å²) in [5, 5.41) is 14.4. The SMILES string of the molecule is COC(=O)c1ccc(OC)c(S(=O)(=O)NC[C@@H](O)c2ccc(-c3ccsc3)cc2)c1. The van der Waals surface area contributed by atoms with Gasteiger partial charge in [-0.25, -0.2) is 17.9 Å². The van der Waals surface area contributed by atoms with Crippen molar-refractivity contribution in [3.63, 3.8) is 0 Å². The smallest absolute Gasteiger partial charge is 0.337 e. The van der Waals surface area contributed by atoms with Gasteiger partial charge in [-0.15, -0.1) is 0 Å². The quantitative estimate of drug-likeness (QED) is 0.514. The van der Waals surface area contributed by atoms with Crippen molar-refractivity contribution in [2.45, 2.75) is 11.0 Å². The Balaban J connectivity index is 1.75. The lowest BCUT2D eigenvalue weighted by atomic mass is 10.0. The number of rotatable bonds is 8. The van der Waals surface area contributed by atoms with Gasteiger partial charge in [-0.1, -0.05) is 24.3 Å². The third-order valence-electron chi connectivity index (χ3n) is 4.49. The van der Waals surface area contributed by atoms with Crippen LogP contribution in [0.2, 0.25) is 0 Å². The number of thiophene rings is 1. The molecule has 9 heteroatoms. The summed E-state index contributed by atoms with van der Waals surface area (Å²) in [5.41, 5.74) is 2.74. The van der Waals surface area contributed by atoms with E-state index < -0.39 is 22.1 Å². The van der Waals surface area contributed by atoms with Gasteiger partial charge in [0.25, 0.3) is 0 Å². The van der Waals surface area contributed by atoms with Gasteiger partial charge in [0.15, 0.2) is 0 Å². The summed E-state index contributed by atoms with van der Waals surface area (Å²) < 4.78 is 37.6. The summed E-state index contributed by atoms with van der Waals surface area (Å²) in [6.07, 6.45) is -1.05. The average Bonchev–Trinajstić information content (AvgIpc) is 3.31. The number of aliphatic hydroxyl groups excluding tert-OH is 1. The van der Waals surface area contributed by atoms with Crippen molar-refractivity contribution in [3.05, 3.63) is 70.4 Å². The van der Waals surface area contributed by atoms with Crippen LogP contribution in [0.4, 0.5) is 0 Å². The molecule has 0 bridgehead atoms. The summed E-state index contributed by atoms with van der Waals surface area (Å²) in [7, 11) is -1.52. The van der Waals surface area contributed by atoms with Crippen LogP contribution in [0.1, 0.15) is 22.0 Å². The summed E-state index contributed by atoms with van der Waals surface area (Å²) in [5.74, 6) is -0.593. The molecular weight excluding hydrogens is 426 g/mol. The molecule has 1 atom stereocenters. The zero-order valence-electron chi connectivity index (χ0n) is 16.4. The van der Waals surface area contributed by atoms with Crippen LogP contribution >= 0.6 is 11.3 Å². The van der Waals surface area contributed by atoms with Crippen molar-refractivity contribution >= 4 is 27.3 Å². The number of sulfonamides is 1. The normalized spacial score (nSPS) is 12.4. The van der Waals surface area contributed by atoms with E-state index in [9.17, 15) is 18.3 Å². The van der Waals surface area contributed by atoms with Crippen molar-refractivity contribution in [2.75, 3.05) is 20.8 Å². The fourth-order valence-corrected chi connectivity index (χ4v) is 4.74. The Morgan fingerprint density at radius 1 is 1.10 bits per heavy atom. The van der Waals surface area contributed by atoms with Gasteiger partial charge in [-0.2, -0.15) is 11.3 Å². The molecule has 0 aliphatic carbocycles. The second-order valence-corrected chi connectivity index (χ2v) is 8.87. The molecule has 0 aliphatic heterocycles. The molecule has 0 radical (unpaired) electrons. The van der Waals surface area contributed by atoms with E-state index in [0.717, 1.165) is 11.1 Å². The van der Waals surface area contributed by atoms with Crippen LogP contribution in [0.5, 0.6) is 5.75 Å². The molecule has 0 fully saturated rings. The molecule has 3 rings (SSSR count). The number of aliphatic hydroxyl groups is 1. The Hall–Kier alpha value is -2.72. The summed E-state index contributed by atoms with van der Waals surface area (Å²) in [4.78, 5) is 11.5. The summed E-state index contributed by atoms with van der Waals surface area (Å²) in [6.45, 7) is -0.244. The highest BCUT2D eigenvalue weighted by atomic mass is 32.2. The molecule has 0 unspecified atom stereocenters. The van der Waals surface area contributed by atoms with Crippen molar-refractivity contribution < 1.29 is 27.8 Å². The van der Waals surface area contributed by atoms with Crippen LogP contribution in [-0.2, 0) is 14.8 Å². The van der Waals surface area contributed by atoms with Gasteiger partial charge in [-0.05, 0) is 51.7 Å². The average molecular weight is 448 g/mol. The predicted octanol–water partition coefficient (Wildman–Crippen LogP) is 3.22. The molecule has 2 aromatic carbocycles. The molecule has 1 aromatic heterocycles. The minimum atomic E-state index is -4.06. The molecule has 0 amide bonds. The minimum Gasteiger partial charge on any atom is -0.495 e. The lowest BCUT2D eigenvalue weighted by Crippen LogP contribution is -2.29. The van der Waals surface area contributed by atoms with E-state index in [1.54, 1.807) is 23.5 Å². The number of carbonyl (C=O) groups excluding carboxylic acids is 1. The van der Waals surface area contributed by atoms with Gasteiger partial charge >= 0.3 is 5.97 Å². The maximum Gasteiger partial charge on any atom is 0.337 e. The fourth-order valence-electron chi connectivity index (χ4n) is 2.84. The van der Waals surface area contributed by atoms with E-state index in [0.29, 0.717) is 5.56 Å². The Labute approximate surface area is 179 Å². The molecule has 2 N–H and O–H groups in total. The van der Waals surface area contributed by atoms with Crippen molar-refractivity contribution in [1.82, 2.24) is 4.72 Å². The number of carbonyl (C=O) groups is 1. The van der Waals surface area contributed by atoms with Gasteiger partial charge in [0.2, 0.25) is 10.0 Å². The Morgan fingerprint density at radius 2 is 1.83 bits per heavy atom. The Bertz CT molecular complexity index is 1110. The number of methoxy groups -OCH3 is 2. The van der Waals surface area contributed by atoms with Crippen molar-refractivity contribution in [1.29, 1.82) is 0 Å². The zero-order valence-corrected chi connectivity index (χ0v) is 18.0. The summed E-state index contributed by atoms with van der Waals surface area (Å²) in [6, 6.07) is 13.2. The maximum atomic E-state index is 12.8. The molecule has 0 spiro atoms. The van der Waals surface area contributed by atoms with E-state index in [4.69, 9.17) is 4.74 Å². The van der Waals surface area contributed by atoms with Crippen molar-refractivity contribution in [2.24, 2.45) is 0 Å². The van der Waals surface area contributed by atoms with E-state index >= 15 is 0 Å². The first-order chi connectivity index (χ1) is 14.4. The van der Waals surface area contributed by atoms with Crippen LogP contribution in [0, 0.1) is 0 Å². The number of benzene rings is 2. The molecule has 0 saturated carbocycles. The lowest BCUT2D eigenvalue weighted by molar-refractivity contribution is 0.0600. The lowest BCUT2D eigenvalue weighted by Gasteiger charge is -2.15. The topological polar surface area (TPSA) is 102 Å². The molecule has 0 aliphatic rings. The first-order valence-corrected chi connectivity index (χ1v) is 11.3. The zero-order chi connectivity index (χ0) is 21.7. The molecule has 30 heavy (non-hydrogen) atoms. The van der Waals surface area contributed by atoms with Gasteiger partial charge in [0.05, 0.1) is 25.9 Å². The molecule has 1 heterocycles. The van der Waals surface area contributed by atoms with Crippen molar-refractivity contribution in [3.8, 4) is 16.9 Å². The molecule has 3 aromatic rings. The standard InChI is InChI=1S/C21H21NO6S2/c1-27-19-8-7-16(21(24)28-2)11-20(19)30(25,26)22-12-18(23)15-5-3-14(4-6-15)17-9-10-29-13-17/h3-11,13,18,22-23H,12H2,1-2H3/t18-/m1/s1. The fraction of sp³-hybridized carbons (Fsp3) is 0.190. The summed E-state index contributed by atoms with van der Waals surface area (Å²) >= 11 is 1.60. The van der Waals surface area contributed by atoms with Crippen LogP contribution in [0.25, 0.3) is 11.1 Å². The molecule has 7 nitrogen and oxygen atoms in total. The Kier molecular flexibility index (Phi) is 6.88. The number of nitrogens with one attached hydrogen (secondary N) is 1. The molecule has 0 saturated heterocycles. The second-order valence-electron chi connectivity index (χ2n) is 6.36. The highest BCUT2D eigenvalue weighted by molar-refractivity contribution is 7.89. The van der Waals surface area contributed by atoms with Crippen LogP contribution < -0.4 is 9.46 Å². The predicted molar refractivity (Wildman–Crippen MR) is 114 cm³/mol. The highest BCUT2D eigenvalue weighted by Gasteiger charge is 2.23.